The molecular formula is C8H6Br2Cl2S. The van der Waals surface area contributed by atoms with Crippen LogP contribution in [0.1, 0.15) is 0 Å². The summed E-state index contributed by atoms with van der Waals surface area (Å²) in [4.78, 5) is 1.12. The topological polar surface area (TPSA) is 0 Å². The Morgan fingerprint density at radius 3 is 2.23 bits per heavy atom. The number of halogens is 4. The Hall–Kier alpha value is 1.11. The number of thioether (sulfide) groups is 1. The summed E-state index contributed by atoms with van der Waals surface area (Å²) in [5.41, 5.74) is 0. The van der Waals surface area contributed by atoms with Crippen LogP contribution in [0.15, 0.2) is 35.2 Å². The Morgan fingerprint density at radius 2 is 1.77 bits per heavy atom. The molecule has 0 spiro atoms. The van der Waals surface area contributed by atoms with Crippen LogP contribution in [0, 0.1) is 0 Å². The van der Waals surface area contributed by atoms with Gasteiger partial charge in [-0.3, -0.25) is 0 Å². The Kier molecular flexibility index (Phi) is 4.93. The maximum atomic E-state index is 5.85. The minimum Gasteiger partial charge on any atom is -0.107 e. The molecule has 1 atom stereocenters. The van der Waals surface area contributed by atoms with Gasteiger partial charge < -0.3 is 0 Å². The second-order valence-corrected chi connectivity index (χ2v) is 8.54. The van der Waals surface area contributed by atoms with Crippen LogP contribution in [0.5, 0.6) is 0 Å². The van der Waals surface area contributed by atoms with Crippen molar-refractivity contribution in [3.63, 3.8) is 0 Å². The molecule has 0 heterocycles. The highest BCUT2D eigenvalue weighted by Gasteiger charge is 2.30. The van der Waals surface area contributed by atoms with Crippen molar-refractivity contribution in [3.05, 3.63) is 30.3 Å². The molecule has 0 aliphatic rings. The molecule has 0 N–H and O–H groups in total. The third kappa shape index (κ3) is 4.43. The summed E-state index contributed by atoms with van der Waals surface area (Å²) in [6.07, 6.45) is 0. The molecule has 0 saturated heterocycles. The molecule has 1 unspecified atom stereocenters. The summed E-state index contributed by atoms with van der Waals surface area (Å²) >= 11 is 19.8. The van der Waals surface area contributed by atoms with Crippen LogP contribution in [-0.2, 0) is 0 Å². The third-order valence-electron chi connectivity index (χ3n) is 1.24. The first kappa shape index (κ1) is 12.2. The molecule has 0 amide bonds. The van der Waals surface area contributed by atoms with Gasteiger partial charge in [-0.15, -0.1) is 11.8 Å². The monoisotopic (exact) mass is 362 g/mol. The van der Waals surface area contributed by atoms with Gasteiger partial charge >= 0.3 is 0 Å². The molecule has 0 saturated carbocycles. The average Bonchev–Trinajstić information content (AvgIpc) is 2.04. The smallest absolute Gasteiger partial charge is 0.107 e. The SMILES string of the molecule is ClC(Cl)(Br)C(Br)Sc1ccccc1. The minimum absolute atomic E-state index is 0.0919. The maximum absolute atomic E-state index is 5.85. The van der Waals surface area contributed by atoms with Gasteiger partial charge in [0.05, 0.1) is 0 Å². The van der Waals surface area contributed by atoms with Gasteiger partial charge in [0.2, 0.25) is 0 Å². The molecule has 72 valence electrons. The first-order valence-corrected chi connectivity index (χ1v) is 6.77. The fourth-order valence-corrected chi connectivity index (χ4v) is 2.57. The second kappa shape index (κ2) is 5.26. The van der Waals surface area contributed by atoms with Gasteiger partial charge in [0.1, 0.15) is 4.16 Å². The summed E-state index contributed by atoms with van der Waals surface area (Å²) in [6.45, 7) is 0. The molecule has 0 nitrogen and oxygen atoms in total. The summed E-state index contributed by atoms with van der Waals surface area (Å²) in [7, 11) is 0. The minimum atomic E-state index is -0.951. The molecule has 0 fully saturated rings. The lowest BCUT2D eigenvalue weighted by atomic mass is 10.4. The lowest BCUT2D eigenvalue weighted by Crippen LogP contribution is -2.13. The average molecular weight is 365 g/mol. The highest BCUT2D eigenvalue weighted by Crippen LogP contribution is 2.45. The van der Waals surface area contributed by atoms with Gasteiger partial charge in [-0.25, -0.2) is 0 Å². The molecule has 0 radical (unpaired) electrons. The van der Waals surface area contributed by atoms with Crippen LogP contribution in [-0.4, -0.2) is 7.40 Å². The predicted molar refractivity (Wildman–Crippen MR) is 68.4 cm³/mol. The lowest BCUT2D eigenvalue weighted by Gasteiger charge is -2.17. The molecule has 1 rings (SSSR count). The van der Waals surface area contributed by atoms with Crippen molar-refractivity contribution in [1.82, 2.24) is 0 Å². The Morgan fingerprint density at radius 1 is 1.23 bits per heavy atom. The second-order valence-electron chi connectivity index (χ2n) is 2.29. The molecule has 0 aromatic heterocycles. The van der Waals surface area contributed by atoms with Crippen LogP contribution < -0.4 is 0 Å². The van der Waals surface area contributed by atoms with Crippen molar-refractivity contribution >= 4 is 66.8 Å². The van der Waals surface area contributed by atoms with E-state index in [1.807, 2.05) is 30.3 Å². The summed E-state index contributed by atoms with van der Waals surface area (Å²) in [5.74, 6) is 0. The number of benzene rings is 1. The van der Waals surface area contributed by atoms with E-state index in [-0.39, 0.29) is 4.16 Å². The van der Waals surface area contributed by atoms with E-state index < -0.39 is 3.24 Å². The normalized spacial score (nSPS) is 14.2. The molecule has 0 aliphatic heterocycles. The van der Waals surface area contributed by atoms with Crippen molar-refractivity contribution < 1.29 is 0 Å². The number of hydrogen-bond acceptors (Lipinski definition) is 1. The fraction of sp³-hybridized carbons (Fsp3) is 0.250. The molecule has 1 aromatic carbocycles. The van der Waals surface area contributed by atoms with Crippen molar-refractivity contribution in [3.8, 4) is 0 Å². The first-order chi connectivity index (χ1) is 6.00. The van der Waals surface area contributed by atoms with Gasteiger partial charge in [-0.05, 0) is 28.1 Å². The molecular weight excluding hydrogens is 359 g/mol. The predicted octanol–water partition coefficient (Wildman–Crippen LogP) is 5.03. The van der Waals surface area contributed by atoms with E-state index in [2.05, 4.69) is 31.9 Å². The van der Waals surface area contributed by atoms with Gasteiger partial charge in [0.15, 0.2) is 3.24 Å². The van der Waals surface area contributed by atoms with Gasteiger partial charge in [-0.2, -0.15) is 0 Å². The Labute approximate surface area is 109 Å². The van der Waals surface area contributed by atoms with Crippen molar-refractivity contribution in [2.24, 2.45) is 0 Å². The van der Waals surface area contributed by atoms with E-state index in [9.17, 15) is 0 Å². The fourth-order valence-electron chi connectivity index (χ4n) is 0.685. The van der Waals surface area contributed by atoms with E-state index in [1.165, 1.54) is 0 Å². The number of hydrogen-bond donors (Lipinski definition) is 0. The van der Waals surface area contributed by atoms with Crippen LogP contribution in [0.4, 0.5) is 0 Å². The zero-order valence-electron chi connectivity index (χ0n) is 6.38. The molecule has 0 aliphatic carbocycles. The van der Waals surface area contributed by atoms with Gasteiger partial charge in [0.25, 0.3) is 0 Å². The van der Waals surface area contributed by atoms with E-state index >= 15 is 0 Å². The quantitative estimate of drug-likeness (QED) is 0.535. The van der Waals surface area contributed by atoms with Gasteiger partial charge in [-0.1, -0.05) is 57.3 Å². The highest BCUT2D eigenvalue weighted by atomic mass is 79.9. The summed E-state index contributed by atoms with van der Waals surface area (Å²) in [5, 5.41) is 0. The summed E-state index contributed by atoms with van der Waals surface area (Å²) in [6, 6.07) is 9.92. The zero-order valence-corrected chi connectivity index (χ0v) is 11.9. The highest BCUT2D eigenvalue weighted by molar-refractivity contribution is 9.14. The lowest BCUT2D eigenvalue weighted by molar-refractivity contribution is 1.27. The largest absolute Gasteiger partial charge is 0.193 e. The van der Waals surface area contributed by atoms with E-state index in [4.69, 9.17) is 23.2 Å². The Bertz CT molecular complexity index is 261. The molecule has 13 heavy (non-hydrogen) atoms. The van der Waals surface area contributed by atoms with Crippen LogP contribution in [0.3, 0.4) is 0 Å². The van der Waals surface area contributed by atoms with E-state index in [1.54, 1.807) is 11.8 Å². The number of alkyl halides is 4. The standard InChI is InChI=1S/C8H6Br2Cl2S/c9-7(8(10,11)12)13-6-4-2-1-3-5-6/h1-5,7H. The van der Waals surface area contributed by atoms with Crippen LogP contribution in [0.25, 0.3) is 0 Å². The molecule has 0 bridgehead atoms. The Balaban J connectivity index is 2.61. The zero-order chi connectivity index (χ0) is 9.90. The molecule has 1 aromatic rings. The third-order valence-corrected chi connectivity index (χ3v) is 6.19. The number of rotatable bonds is 3. The summed E-state index contributed by atoms with van der Waals surface area (Å²) < 4.78 is -1.04. The van der Waals surface area contributed by atoms with E-state index in [0.717, 1.165) is 4.90 Å². The van der Waals surface area contributed by atoms with Crippen LogP contribution >= 0.6 is 66.8 Å². The van der Waals surface area contributed by atoms with Crippen LogP contribution in [0.2, 0.25) is 0 Å². The molecule has 5 heteroatoms. The van der Waals surface area contributed by atoms with Crippen molar-refractivity contribution in [1.29, 1.82) is 0 Å². The van der Waals surface area contributed by atoms with E-state index in [0.29, 0.717) is 0 Å². The first-order valence-electron chi connectivity index (χ1n) is 3.42. The van der Waals surface area contributed by atoms with Gasteiger partial charge in [0, 0.05) is 4.90 Å². The maximum Gasteiger partial charge on any atom is 0.193 e. The van der Waals surface area contributed by atoms with Crippen molar-refractivity contribution in [2.75, 3.05) is 0 Å². The van der Waals surface area contributed by atoms with Crippen molar-refractivity contribution in [2.45, 2.75) is 12.3 Å².